The summed E-state index contributed by atoms with van der Waals surface area (Å²) in [5.41, 5.74) is 3.08. The van der Waals surface area contributed by atoms with Gasteiger partial charge < -0.3 is 0 Å². The Morgan fingerprint density at radius 3 is 2.28 bits per heavy atom. The molecule has 1 aromatic heterocycles. The standard InChI is InChI=1S/C20H18N4O/c1-20(2)16-18(21-23-20)17(15-11-7-4-8-12-15)22-24(19(16)25)13-14-9-5-3-6-10-14/h3-12H,13H2,1-2H3. The smallest absolute Gasteiger partial charge is 0.267 e. The molecule has 0 atom stereocenters. The van der Waals surface area contributed by atoms with Crippen LogP contribution in [0.15, 0.2) is 75.7 Å². The van der Waals surface area contributed by atoms with Crippen molar-refractivity contribution in [2.75, 3.05) is 0 Å². The van der Waals surface area contributed by atoms with E-state index in [0.717, 1.165) is 11.1 Å². The van der Waals surface area contributed by atoms with Gasteiger partial charge in [0.15, 0.2) is 0 Å². The SMILES string of the molecule is CC1(C)N=Nc2c(-c3ccccc3)nn(Cc3ccccc3)c(=O)c21. The van der Waals surface area contributed by atoms with Gasteiger partial charge in [0.1, 0.15) is 16.9 Å². The normalized spacial score (nSPS) is 14.5. The third-order valence-electron chi connectivity index (χ3n) is 4.36. The molecule has 0 radical (unpaired) electrons. The number of hydrogen-bond acceptors (Lipinski definition) is 4. The van der Waals surface area contributed by atoms with Gasteiger partial charge in [-0.3, -0.25) is 4.79 Å². The van der Waals surface area contributed by atoms with Crippen LogP contribution in [0.25, 0.3) is 11.3 Å². The number of fused-ring (bicyclic) bond motifs is 1. The van der Waals surface area contributed by atoms with Crippen LogP contribution in [0.1, 0.15) is 25.0 Å². The molecule has 0 fully saturated rings. The molecule has 5 nitrogen and oxygen atoms in total. The van der Waals surface area contributed by atoms with E-state index in [-0.39, 0.29) is 5.56 Å². The Kier molecular flexibility index (Phi) is 3.57. The van der Waals surface area contributed by atoms with Gasteiger partial charge in [-0.2, -0.15) is 15.3 Å². The van der Waals surface area contributed by atoms with E-state index < -0.39 is 5.54 Å². The molecule has 25 heavy (non-hydrogen) atoms. The highest BCUT2D eigenvalue weighted by Gasteiger charge is 2.35. The fraction of sp³-hybridized carbons (Fsp3) is 0.200. The Balaban J connectivity index is 1.94. The minimum absolute atomic E-state index is 0.131. The molecule has 1 aliphatic rings. The number of hydrogen-bond donors (Lipinski definition) is 0. The summed E-state index contributed by atoms with van der Waals surface area (Å²) in [5.74, 6) is 0. The highest BCUT2D eigenvalue weighted by molar-refractivity contribution is 5.75. The van der Waals surface area contributed by atoms with E-state index in [1.54, 1.807) is 0 Å². The molecule has 0 saturated carbocycles. The summed E-state index contributed by atoms with van der Waals surface area (Å²) >= 11 is 0. The molecule has 1 aliphatic heterocycles. The number of rotatable bonds is 3. The fourth-order valence-electron chi connectivity index (χ4n) is 3.09. The topological polar surface area (TPSA) is 59.6 Å². The second kappa shape index (κ2) is 5.77. The number of nitrogens with zero attached hydrogens (tertiary/aromatic N) is 4. The van der Waals surface area contributed by atoms with Crippen molar-refractivity contribution < 1.29 is 0 Å². The summed E-state index contributed by atoms with van der Waals surface area (Å²) in [6, 6.07) is 19.7. The van der Waals surface area contributed by atoms with Gasteiger partial charge in [0.05, 0.1) is 12.1 Å². The Labute approximate surface area is 145 Å². The molecule has 0 amide bonds. The highest BCUT2D eigenvalue weighted by Crippen LogP contribution is 2.42. The first-order chi connectivity index (χ1) is 12.1. The molecule has 0 N–H and O–H groups in total. The summed E-state index contributed by atoms with van der Waals surface area (Å²) < 4.78 is 1.52. The molecule has 5 heteroatoms. The summed E-state index contributed by atoms with van der Waals surface area (Å²) in [7, 11) is 0. The quantitative estimate of drug-likeness (QED) is 0.719. The zero-order chi connectivity index (χ0) is 17.4. The fourth-order valence-corrected chi connectivity index (χ4v) is 3.09. The van der Waals surface area contributed by atoms with Crippen molar-refractivity contribution in [2.45, 2.75) is 25.9 Å². The van der Waals surface area contributed by atoms with Crippen LogP contribution < -0.4 is 5.56 Å². The zero-order valence-corrected chi connectivity index (χ0v) is 14.2. The summed E-state index contributed by atoms with van der Waals surface area (Å²) in [6.07, 6.45) is 0. The molecular weight excluding hydrogens is 312 g/mol. The van der Waals surface area contributed by atoms with Crippen LogP contribution in [0.3, 0.4) is 0 Å². The first-order valence-electron chi connectivity index (χ1n) is 8.24. The first kappa shape index (κ1) is 15.4. The van der Waals surface area contributed by atoms with Crippen LogP contribution in [0.2, 0.25) is 0 Å². The maximum absolute atomic E-state index is 13.0. The predicted octanol–water partition coefficient (Wildman–Crippen LogP) is 4.29. The van der Waals surface area contributed by atoms with Crippen molar-refractivity contribution in [3.63, 3.8) is 0 Å². The van der Waals surface area contributed by atoms with E-state index in [2.05, 4.69) is 15.3 Å². The maximum Gasteiger partial charge on any atom is 0.275 e. The molecule has 0 unspecified atom stereocenters. The predicted molar refractivity (Wildman–Crippen MR) is 97.0 cm³/mol. The Morgan fingerprint density at radius 1 is 0.960 bits per heavy atom. The minimum atomic E-state index is -0.642. The van der Waals surface area contributed by atoms with Crippen LogP contribution in [-0.4, -0.2) is 9.78 Å². The molecule has 0 bridgehead atoms. The molecular formula is C20H18N4O. The average Bonchev–Trinajstić information content (AvgIpc) is 2.95. The van der Waals surface area contributed by atoms with Crippen LogP contribution in [-0.2, 0) is 12.1 Å². The van der Waals surface area contributed by atoms with Crippen molar-refractivity contribution >= 4 is 5.69 Å². The Hall–Kier alpha value is -3.08. The van der Waals surface area contributed by atoms with Gasteiger partial charge in [0.25, 0.3) is 5.56 Å². The lowest BCUT2D eigenvalue weighted by atomic mass is 9.95. The first-order valence-corrected chi connectivity index (χ1v) is 8.24. The number of azo groups is 1. The Morgan fingerprint density at radius 2 is 1.60 bits per heavy atom. The maximum atomic E-state index is 13.0. The third-order valence-corrected chi connectivity index (χ3v) is 4.36. The third kappa shape index (κ3) is 2.67. The van der Waals surface area contributed by atoms with Gasteiger partial charge in [-0.25, -0.2) is 4.68 Å². The van der Waals surface area contributed by atoms with E-state index in [4.69, 9.17) is 0 Å². The lowest BCUT2D eigenvalue weighted by Gasteiger charge is -2.16. The van der Waals surface area contributed by atoms with E-state index in [1.807, 2.05) is 74.5 Å². The van der Waals surface area contributed by atoms with Gasteiger partial charge in [0, 0.05) is 5.56 Å². The lowest BCUT2D eigenvalue weighted by molar-refractivity contribution is 0.531. The molecule has 4 rings (SSSR count). The summed E-state index contributed by atoms with van der Waals surface area (Å²) in [6.45, 7) is 4.24. The lowest BCUT2D eigenvalue weighted by Crippen LogP contribution is -2.32. The van der Waals surface area contributed by atoms with E-state index >= 15 is 0 Å². The highest BCUT2D eigenvalue weighted by atomic mass is 16.1. The molecule has 2 aromatic carbocycles. The van der Waals surface area contributed by atoms with Crippen molar-refractivity contribution in [3.05, 3.63) is 82.1 Å². The van der Waals surface area contributed by atoms with Crippen molar-refractivity contribution in [3.8, 4) is 11.3 Å². The molecule has 0 spiro atoms. The number of aromatic nitrogens is 2. The summed E-state index contributed by atoms with van der Waals surface area (Å²) in [4.78, 5) is 13.0. The van der Waals surface area contributed by atoms with Crippen molar-refractivity contribution in [2.24, 2.45) is 10.2 Å². The van der Waals surface area contributed by atoms with E-state index in [9.17, 15) is 4.79 Å². The van der Waals surface area contributed by atoms with Crippen LogP contribution in [0.4, 0.5) is 5.69 Å². The average molecular weight is 330 g/mol. The van der Waals surface area contributed by atoms with Gasteiger partial charge >= 0.3 is 0 Å². The second-order valence-electron chi connectivity index (χ2n) is 6.65. The van der Waals surface area contributed by atoms with Crippen LogP contribution in [0.5, 0.6) is 0 Å². The monoisotopic (exact) mass is 330 g/mol. The largest absolute Gasteiger partial charge is 0.275 e. The van der Waals surface area contributed by atoms with Gasteiger partial charge in [-0.05, 0) is 19.4 Å². The molecule has 2 heterocycles. The van der Waals surface area contributed by atoms with Gasteiger partial charge in [-0.15, -0.1) is 0 Å². The second-order valence-corrected chi connectivity index (χ2v) is 6.65. The van der Waals surface area contributed by atoms with Gasteiger partial charge in [0.2, 0.25) is 0 Å². The van der Waals surface area contributed by atoms with E-state index in [0.29, 0.717) is 23.5 Å². The van der Waals surface area contributed by atoms with Crippen LogP contribution >= 0.6 is 0 Å². The molecule has 3 aromatic rings. The molecule has 124 valence electrons. The van der Waals surface area contributed by atoms with Crippen molar-refractivity contribution in [1.82, 2.24) is 9.78 Å². The van der Waals surface area contributed by atoms with Crippen molar-refractivity contribution in [1.29, 1.82) is 0 Å². The number of benzene rings is 2. The minimum Gasteiger partial charge on any atom is -0.267 e. The van der Waals surface area contributed by atoms with Gasteiger partial charge in [-0.1, -0.05) is 60.7 Å². The summed E-state index contributed by atoms with van der Waals surface area (Å²) in [5, 5.41) is 13.2. The Bertz CT molecular complexity index is 1010. The molecule has 0 aliphatic carbocycles. The van der Waals surface area contributed by atoms with E-state index in [1.165, 1.54) is 4.68 Å². The molecule has 0 saturated heterocycles. The zero-order valence-electron chi connectivity index (χ0n) is 14.2. The van der Waals surface area contributed by atoms with Crippen LogP contribution in [0, 0.1) is 0 Å².